The summed E-state index contributed by atoms with van der Waals surface area (Å²) in [4.78, 5) is 31.1. The molecule has 0 unspecified atom stereocenters. The fourth-order valence-corrected chi connectivity index (χ4v) is 5.70. The SMILES string of the molecule is Cc1nn(Cc2ccccc2Cl)c2sc(C(=O)N3CCN(C(=O)[C@@H]4CCCO4)CC3)cc12. The van der Waals surface area contributed by atoms with Crippen molar-refractivity contribution in [2.24, 2.45) is 0 Å². The van der Waals surface area contributed by atoms with Gasteiger partial charge >= 0.3 is 0 Å². The molecule has 7 nitrogen and oxygen atoms in total. The molecule has 1 atom stereocenters. The number of rotatable bonds is 4. The summed E-state index contributed by atoms with van der Waals surface area (Å²) in [6.07, 6.45) is 1.43. The number of halogens is 1. The molecular formula is C23H25ClN4O3S. The maximum absolute atomic E-state index is 13.2. The summed E-state index contributed by atoms with van der Waals surface area (Å²) in [6.45, 7) is 5.36. The molecule has 4 heterocycles. The molecule has 1 aromatic carbocycles. The van der Waals surface area contributed by atoms with Crippen LogP contribution in [0.25, 0.3) is 10.2 Å². The Hall–Kier alpha value is -2.42. The van der Waals surface area contributed by atoms with Crippen LogP contribution in [0.2, 0.25) is 5.02 Å². The molecule has 9 heteroatoms. The second kappa shape index (κ2) is 8.84. The molecule has 2 aromatic heterocycles. The third-order valence-electron chi connectivity index (χ3n) is 6.18. The predicted molar refractivity (Wildman–Crippen MR) is 124 cm³/mol. The Balaban J connectivity index is 1.29. The predicted octanol–water partition coefficient (Wildman–Crippen LogP) is 3.57. The number of hydrogen-bond donors (Lipinski definition) is 0. The number of carbonyl (C=O) groups is 2. The lowest BCUT2D eigenvalue weighted by molar-refractivity contribution is -0.142. The molecule has 2 aliphatic rings. The van der Waals surface area contributed by atoms with E-state index in [1.54, 1.807) is 0 Å². The number of hydrogen-bond acceptors (Lipinski definition) is 5. The van der Waals surface area contributed by atoms with Crippen molar-refractivity contribution in [2.45, 2.75) is 32.4 Å². The van der Waals surface area contributed by atoms with Gasteiger partial charge in [0.2, 0.25) is 0 Å². The first-order chi connectivity index (χ1) is 15.5. The van der Waals surface area contributed by atoms with Gasteiger partial charge in [0.15, 0.2) is 0 Å². The summed E-state index contributed by atoms with van der Waals surface area (Å²) in [5.41, 5.74) is 1.89. The zero-order chi connectivity index (χ0) is 22.2. The van der Waals surface area contributed by atoms with Gasteiger partial charge in [-0.3, -0.25) is 14.3 Å². The van der Waals surface area contributed by atoms with Crippen LogP contribution < -0.4 is 0 Å². The highest BCUT2D eigenvalue weighted by Gasteiger charge is 2.32. The quantitative estimate of drug-likeness (QED) is 0.582. The first kappa shape index (κ1) is 21.4. The van der Waals surface area contributed by atoms with Crippen molar-refractivity contribution in [2.75, 3.05) is 32.8 Å². The van der Waals surface area contributed by atoms with E-state index < -0.39 is 0 Å². The first-order valence-electron chi connectivity index (χ1n) is 10.9. The van der Waals surface area contributed by atoms with E-state index >= 15 is 0 Å². The van der Waals surface area contributed by atoms with Crippen molar-refractivity contribution < 1.29 is 14.3 Å². The highest BCUT2D eigenvalue weighted by atomic mass is 35.5. The second-order valence-electron chi connectivity index (χ2n) is 8.28. The first-order valence-corrected chi connectivity index (χ1v) is 12.1. The smallest absolute Gasteiger partial charge is 0.264 e. The number of piperazine rings is 1. The van der Waals surface area contributed by atoms with E-state index in [2.05, 4.69) is 5.10 Å². The van der Waals surface area contributed by atoms with Gasteiger partial charge in [-0.2, -0.15) is 5.10 Å². The van der Waals surface area contributed by atoms with Gasteiger partial charge in [0, 0.05) is 43.2 Å². The fourth-order valence-electron chi connectivity index (χ4n) is 4.38. The standard InChI is InChI=1S/C23H25ClN4O3S/c1-15-17-13-20(32-23(17)28(25-15)14-16-5-2-3-6-18(16)24)22(30)27-10-8-26(9-11-27)21(29)19-7-4-12-31-19/h2-3,5-6,13,19H,4,7-12,14H2,1H3/t19-/m0/s1. The van der Waals surface area contributed by atoms with E-state index in [9.17, 15) is 9.59 Å². The van der Waals surface area contributed by atoms with Crippen LogP contribution in [0.3, 0.4) is 0 Å². The average molecular weight is 473 g/mol. The minimum Gasteiger partial charge on any atom is -0.368 e. The topological polar surface area (TPSA) is 67.7 Å². The highest BCUT2D eigenvalue weighted by Crippen LogP contribution is 2.30. The lowest BCUT2D eigenvalue weighted by atomic mass is 10.2. The van der Waals surface area contributed by atoms with Gasteiger partial charge in [-0.15, -0.1) is 11.3 Å². The molecule has 0 spiro atoms. The molecular weight excluding hydrogens is 448 g/mol. The highest BCUT2D eigenvalue weighted by molar-refractivity contribution is 7.20. The normalized spacial score (nSPS) is 19.1. The molecule has 0 radical (unpaired) electrons. The molecule has 2 fully saturated rings. The molecule has 2 amide bonds. The molecule has 5 rings (SSSR count). The number of carbonyl (C=O) groups excluding carboxylic acids is 2. The summed E-state index contributed by atoms with van der Waals surface area (Å²) in [5.74, 6) is 0.0749. The van der Waals surface area contributed by atoms with Gasteiger partial charge in [-0.25, -0.2) is 0 Å². The van der Waals surface area contributed by atoms with Crippen LogP contribution in [-0.4, -0.2) is 70.3 Å². The van der Waals surface area contributed by atoms with E-state index in [1.807, 2.05) is 51.7 Å². The number of fused-ring (bicyclic) bond motifs is 1. The molecule has 168 valence electrons. The van der Waals surface area contributed by atoms with Crippen molar-refractivity contribution in [3.8, 4) is 0 Å². The van der Waals surface area contributed by atoms with E-state index in [1.165, 1.54) is 11.3 Å². The Kier molecular flexibility index (Phi) is 5.92. The van der Waals surface area contributed by atoms with E-state index in [0.29, 0.717) is 49.2 Å². The maximum Gasteiger partial charge on any atom is 0.264 e. The number of amides is 2. The molecule has 0 bridgehead atoms. The zero-order valence-corrected chi connectivity index (χ0v) is 19.5. The number of thiophene rings is 1. The number of benzene rings is 1. The monoisotopic (exact) mass is 472 g/mol. The Morgan fingerprint density at radius 3 is 2.66 bits per heavy atom. The summed E-state index contributed by atoms with van der Waals surface area (Å²) in [5, 5.41) is 6.36. The summed E-state index contributed by atoms with van der Waals surface area (Å²) >= 11 is 7.80. The Bertz CT molecular complexity index is 1160. The fraction of sp³-hybridized carbons (Fsp3) is 0.435. The van der Waals surface area contributed by atoms with Crippen LogP contribution in [-0.2, 0) is 16.1 Å². The van der Waals surface area contributed by atoms with Crippen LogP contribution in [0.4, 0.5) is 0 Å². The minimum atomic E-state index is -0.302. The van der Waals surface area contributed by atoms with Crippen molar-refractivity contribution in [3.05, 3.63) is 51.5 Å². The van der Waals surface area contributed by atoms with Gasteiger partial charge in [0.1, 0.15) is 10.9 Å². The van der Waals surface area contributed by atoms with Crippen molar-refractivity contribution in [3.63, 3.8) is 0 Å². The summed E-state index contributed by atoms with van der Waals surface area (Å²) in [7, 11) is 0. The van der Waals surface area contributed by atoms with Gasteiger partial charge in [0.05, 0.1) is 17.1 Å². The Morgan fingerprint density at radius 2 is 1.94 bits per heavy atom. The van der Waals surface area contributed by atoms with Gasteiger partial charge < -0.3 is 14.5 Å². The molecule has 32 heavy (non-hydrogen) atoms. The Morgan fingerprint density at radius 1 is 1.19 bits per heavy atom. The lowest BCUT2D eigenvalue weighted by Gasteiger charge is -2.35. The minimum absolute atomic E-state index is 0.0131. The molecule has 3 aromatic rings. The third-order valence-corrected chi connectivity index (χ3v) is 7.68. The number of aromatic nitrogens is 2. The van der Waals surface area contributed by atoms with Crippen LogP contribution in [0, 0.1) is 6.92 Å². The number of aryl methyl sites for hydroxylation is 1. The van der Waals surface area contributed by atoms with E-state index in [-0.39, 0.29) is 17.9 Å². The van der Waals surface area contributed by atoms with Gasteiger partial charge in [-0.1, -0.05) is 29.8 Å². The Labute approximate surface area is 195 Å². The lowest BCUT2D eigenvalue weighted by Crippen LogP contribution is -2.52. The van der Waals surface area contributed by atoms with Gasteiger partial charge in [-0.05, 0) is 37.5 Å². The van der Waals surface area contributed by atoms with Crippen LogP contribution in [0.5, 0.6) is 0 Å². The molecule has 0 aliphatic carbocycles. The van der Waals surface area contributed by atoms with Crippen molar-refractivity contribution in [1.29, 1.82) is 0 Å². The molecule has 2 saturated heterocycles. The van der Waals surface area contributed by atoms with Crippen LogP contribution in [0.15, 0.2) is 30.3 Å². The second-order valence-corrected chi connectivity index (χ2v) is 9.72. The zero-order valence-electron chi connectivity index (χ0n) is 17.9. The largest absolute Gasteiger partial charge is 0.368 e. The molecule has 0 N–H and O–H groups in total. The maximum atomic E-state index is 13.2. The summed E-state index contributed by atoms with van der Waals surface area (Å²) < 4.78 is 7.44. The number of ether oxygens (including phenoxy) is 1. The summed E-state index contributed by atoms with van der Waals surface area (Å²) in [6, 6.07) is 9.67. The van der Waals surface area contributed by atoms with Crippen molar-refractivity contribution in [1.82, 2.24) is 19.6 Å². The average Bonchev–Trinajstić information content (AvgIpc) is 3.54. The molecule has 0 saturated carbocycles. The van der Waals surface area contributed by atoms with Gasteiger partial charge in [0.25, 0.3) is 11.8 Å². The van der Waals surface area contributed by atoms with Crippen LogP contribution >= 0.6 is 22.9 Å². The van der Waals surface area contributed by atoms with E-state index in [0.717, 1.165) is 34.3 Å². The molecule has 2 aliphatic heterocycles. The van der Waals surface area contributed by atoms with Crippen LogP contribution in [0.1, 0.15) is 33.8 Å². The van der Waals surface area contributed by atoms with Crippen molar-refractivity contribution >= 4 is 45.0 Å². The third kappa shape index (κ3) is 4.02. The van der Waals surface area contributed by atoms with E-state index in [4.69, 9.17) is 16.3 Å². The number of nitrogens with zero attached hydrogens (tertiary/aromatic N) is 4.